The number of hydrogen-bond donors (Lipinski definition) is 1. The number of anilines is 1. The van der Waals surface area contributed by atoms with Crippen LogP contribution in [0, 0.1) is 17.2 Å². The smallest absolute Gasteiger partial charge is 0.394 e. The normalized spacial score (nSPS) is 24.4. The fraction of sp³-hybridized carbons (Fsp3) is 0.484. The fourth-order valence-electron chi connectivity index (χ4n) is 6.73. The number of aliphatic hydroxyl groups excluding tert-OH is 1. The number of hydrogen-bond acceptors (Lipinski definition) is 7. The molecule has 2 aromatic carbocycles. The molecule has 0 radical (unpaired) electrons. The Labute approximate surface area is 247 Å². The molecule has 1 atom stereocenters. The first-order valence-corrected chi connectivity index (χ1v) is 14.4. The van der Waals surface area contributed by atoms with Crippen LogP contribution in [-0.4, -0.2) is 63.1 Å². The van der Waals surface area contributed by atoms with Crippen LogP contribution in [0.15, 0.2) is 42.7 Å². The third-order valence-corrected chi connectivity index (χ3v) is 8.98. The lowest BCUT2D eigenvalue weighted by molar-refractivity contribution is -0.138. The number of aliphatic hydroxyl groups is 1. The SMILES string of the molecule is Cn1cnnc1C[C@]1(c2cccc(N3Cc4c(cc(CN5CCCOC(CO)C5)cc4C(F)(F)F)C3=O)c2)C[C@H](C#N)C1. The molecule has 1 saturated carbocycles. The number of aryl methyl sites for hydroxylation is 1. The standard InChI is InChI=1S/C31H33F3N6O3/c1-38-19-36-37-28(38)13-30(11-21(12-30)14-35)22-4-2-5-23(10-22)40-17-26-25(29(40)42)8-20(9-27(26)31(32,33)34)15-39-6-3-7-43-24(16-39)18-41/h2,4-5,8-10,19,21,24,41H,3,6-7,11-13,15-18H2,1H3/t21-,24?,30-. The van der Waals surface area contributed by atoms with E-state index in [0.29, 0.717) is 56.6 Å². The number of ether oxygens (including phenoxy) is 1. The van der Waals surface area contributed by atoms with Crippen molar-refractivity contribution in [1.29, 1.82) is 5.26 Å². The molecule has 9 nitrogen and oxygen atoms in total. The summed E-state index contributed by atoms with van der Waals surface area (Å²) >= 11 is 0. The maximum atomic E-state index is 14.4. The van der Waals surface area contributed by atoms with Gasteiger partial charge in [-0.25, -0.2) is 0 Å². The Morgan fingerprint density at radius 3 is 2.74 bits per heavy atom. The van der Waals surface area contributed by atoms with Crippen molar-refractivity contribution in [3.8, 4) is 6.07 Å². The molecule has 1 amide bonds. The molecule has 1 N–H and O–H groups in total. The van der Waals surface area contributed by atoms with Crippen molar-refractivity contribution < 1.29 is 27.8 Å². The summed E-state index contributed by atoms with van der Waals surface area (Å²) in [6.07, 6.45) is -0.921. The van der Waals surface area contributed by atoms with Gasteiger partial charge in [-0.1, -0.05) is 12.1 Å². The van der Waals surface area contributed by atoms with Crippen LogP contribution in [-0.2, 0) is 42.9 Å². The van der Waals surface area contributed by atoms with Gasteiger partial charge in [-0.15, -0.1) is 10.2 Å². The van der Waals surface area contributed by atoms with E-state index in [9.17, 15) is 28.3 Å². The second-order valence-electron chi connectivity index (χ2n) is 11.9. The van der Waals surface area contributed by atoms with Gasteiger partial charge in [0, 0.05) is 62.3 Å². The van der Waals surface area contributed by atoms with Crippen LogP contribution < -0.4 is 4.90 Å². The van der Waals surface area contributed by atoms with Gasteiger partial charge in [0.25, 0.3) is 5.91 Å². The summed E-state index contributed by atoms with van der Waals surface area (Å²) in [7, 11) is 1.86. The van der Waals surface area contributed by atoms with Crippen LogP contribution in [0.1, 0.15) is 57.7 Å². The summed E-state index contributed by atoms with van der Waals surface area (Å²) in [6, 6.07) is 12.4. The lowest BCUT2D eigenvalue weighted by Crippen LogP contribution is -2.43. The second-order valence-corrected chi connectivity index (χ2v) is 11.9. The van der Waals surface area contributed by atoms with Crippen molar-refractivity contribution in [2.45, 2.75) is 56.5 Å². The number of halogens is 3. The first-order chi connectivity index (χ1) is 20.6. The summed E-state index contributed by atoms with van der Waals surface area (Å²) in [6.45, 7) is 1.34. The minimum Gasteiger partial charge on any atom is -0.394 e. The number of carbonyl (C=O) groups is 1. The summed E-state index contributed by atoms with van der Waals surface area (Å²) in [4.78, 5) is 17.1. The molecule has 3 aliphatic rings. The van der Waals surface area contributed by atoms with E-state index in [1.807, 2.05) is 34.7 Å². The number of alkyl halides is 3. The molecular weight excluding hydrogens is 561 g/mol. The zero-order chi connectivity index (χ0) is 30.4. The van der Waals surface area contributed by atoms with E-state index in [1.54, 1.807) is 18.5 Å². The Kier molecular flexibility index (Phi) is 7.75. The number of fused-ring (bicyclic) bond motifs is 1. The molecule has 6 rings (SSSR count). The molecule has 0 bridgehead atoms. The Balaban J connectivity index is 1.31. The van der Waals surface area contributed by atoms with Crippen LogP contribution in [0.3, 0.4) is 0 Å². The van der Waals surface area contributed by atoms with Gasteiger partial charge < -0.3 is 19.3 Å². The van der Waals surface area contributed by atoms with E-state index in [1.165, 1.54) is 4.90 Å². The number of aromatic nitrogens is 3. The molecular formula is C31H33F3N6O3. The highest BCUT2D eigenvalue weighted by atomic mass is 19.4. The highest BCUT2D eigenvalue weighted by Gasteiger charge is 2.47. The van der Waals surface area contributed by atoms with Crippen LogP contribution in [0.25, 0.3) is 0 Å². The molecule has 1 aliphatic carbocycles. The van der Waals surface area contributed by atoms with E-state index in [2.05, 4.69) is 16.3 Å². The van der Waals surface area contributed by atoms with Crippen LogP contribution in [0.4, 0.5) is 18.9 Å². The molecule has 1 unspecified atom stereocenters. The average molecular weight is 595 g/mol. The molecule has 0 spiro atoms. The Morgan fingerprint density at radius 2 is 2.05 bits per heavy atom. The highest BCUT2D eigenvalue weighted by Crippen LogP contribution is 2.50. The van der Waals surface area contributed by atoms with Crippen molar-refractivity contribution in [3.63, 3.8) is 0 Å². The predicted octanol–water partition coefficient (Wildman–Crippen LogP) is 3.99. The van der Waals surface area contributed by atoms with Gasteiger partial charge in [0.2, 0.25) is 0 Å². The molecule has 3 heterocycles. The van der Waals surface area contributed by atoms with E-state index in [4.69, 9.17) is 4.74 Å². The van der Waals surface area contributed by atoms with Gasteiger partial charge in [-0.05, 0) is 60.2 Å². The number of nitrogens with zero attached hydrogens (tertiary/aromatic N) is 6. The molecule has 43 heavy (non-hydrogen) atoms. The molecule has 3 aromatic rings. The summed E-state index contributed by atoms with van der Waals surface area (Å²) < 4.78 is 50.5. The van der Waals surface area contributed by atoms with Crippen LogP contribution >= 0.6 is 0 Å². The quantitative estimate of drug-likeness (QED) is 0.441. The summed E-state index contributed by atoms with van der Waals surface area (Å²) in [5.74, 6) is 0.193. The van der Waals surface area contributed by atoms with Gasteiger partial charge in [0.15, 0.2) is 0 Å². The zero-order valence-corrected chi connectivity index (χ0v) is 23.8. The number of rotatable bonds is 7. The number of benzene rings is 2. The van der Waals surface area contributed by atoms with Crippen molar-refractivity contribution >= 4 is 11.6 Å². The van der Waals surface area contributed by atoms with Crippen LogP contribution in [0.2, 0.25) is 0 Å². The molecule has 1 saturated heterocycles. The predicted molar refractivity (Wildman–Crippen MR) is 150 cm³/mol. The Bertz CT molecular complexity index is 1560. The number of nitriles is 1. The first-order valence-electron chi connectivity index (χ1n) is 14.4. The van der Waals surface area contributed by atoms with Gasteiger partial charge in [0.1, 0.15) is 12.2 Å². The Hall–Kier alpha value is -3.79. The molecule has 2 fully saturated rings. The summed E-state index contributed by atoms with van der Waals surface area (Å²) in [5.41, 5.74) is 0.673. The lowest BCUT2D eigenvalue weighted by Gasteiger charge is -2.45. The number of carbonyl (C=O) groups excluding carboxylic acids is 1. The van der Waals surface area contributed by atoms with Crippen LogP contribution in [0.5, 0.6) is 0 Å². The van der Waals surface area contributed by atoms with E-state index in [-0.39, 0.29) is 42.2 Å². The van der Waals surface area contributed by atoms with Crippen molar-refractivity contribution in [2.24, 2.45) is 13.0 Å². The van der Waals surface area contributed by atoms with E-state index < -0.39 is 23.8 Å². The topological polar surface area (TPSA) is 108 Å². The minimum atomic E-state index is -4.63. The first kappa shape index (κ1) is 29.3. The third kappa shape index (κ3) is 5.64. The second kappa shape index (κ2) is 11.4. The fourth-order valence-corrected chi connectivity index (χ4v) is 6.73. The minimum absolute atomic E-state index is 0.0268. The average Bonchev–Trinajstić information content (AvgIpc) is 3.43. The van der Waals surface area contributed by atoms with E-state index in [0.717, 1.165) is 17.5 Å². The molecule has 2 aliphatic heterocycles. The third-order valence-electron chi connectivity index (χ3n) is 8.98. The monoisotopic (exact) mass is 594 g/mol. The molecule has 226 valence electrons. The van der Waals surface area contributed by atoms with Gasteiger partial charge >= 0.3 is 6.18 Å². The lowest BCUT2D eigenvalue weighted by atomic mass is 9.57. The number of amides is 1. The molecule has 12 heteroatoms. The highest BCUT2D eigenvalue weighted by molar-refractivity contribution is 6.10. The van der Waals surface area contributed by atoms with Gasteiger partial charge in [0.05, 0.1) is 30.9 Å². The summed E-state index contributed by atoms with van der Waals surface area (Å²) in [5, 5.41) is 27.3. The maximum Gasteiger partial charge on any atom is 0.416 e. The molecule has 1 aromatic heterocycles. The largest absolute Gasteiger partial charge is 0.416 e. The zero-order valence-electron chi connectivity index (χ0n) is 23.8. The van der Waals surface area contributed by atoms with E-state index >= 15 is 0 Å². The van der Waals surface area contributed by atoms with Gasteiger partial charge in [-0.3, -0.25) is 9.69 Å². The maximum absolute atomic E-state index is 14.4. The van der Waals surface area contributed by atoms with Crippen molar-refractivity contribution in [2.75, 3.05) is 31.2 Å². The Morgan fingerprint density at radius 1 is 1.23 bits per heavy atom. The van der Waals surface area contributed by atoms with Crippen molar-refractivity contribution in [1.82, 2.24) is 19.7 Å². The van der Waals surface area contributed by atoms with Gasteiger partial charge in [-0.2, -0.15) is 18.4 Å². The van der Waals surface area contributed by atoms with Crippen molar-refractivity contribution in [3.05, 3.63) is 76.4 Å².